The molecule has 0 radical (unpaired) electrons. The maximum absolute atomic E-state index is 12.4. The number of hydrogen-bond donors (Lipinski definition) is 2. The van der Waals surface area contributed by atoms with Crippen molar-refractivity contribution in [3.05, 3.63) is 34.4 Å². The van der Waals surface area contributed by atoms with Crippen LogP contribution in [0.4, 0.5) is 0 Å². The molecule has 5 nitrogen and oxygen atoms in total. The molecule has 1 saturated heterocycles. The molecule has 0 unspecified atom stereocenters. The van der Waals surface area contributed by atoms with Gasteiger partial charge in [0.05, 0.1) is 11.9 Å². The monoisotopic (exact) mass is 482 g/mol. The molecule has 2 N–H and O–H groups in total. The molecule has 4 saturated carbocycles. The highest BCUT2D eigenvalue weighted by Gasteiger charge is 2.67. The van der Waals surface area contributed by atoms with Crippen LogP contribution in [0.3, 0.4) is 0 Å². The summed E-state index contributed by atoms with van der Waals surface area (Å²) in [6.07, 6.45) is 15.0. The van der Waals surface area contributed by atoms with Crippen molar-refractivity contribution in [3.63, 3.8) is 0 Å². The zero-order valence-corrected chi connectivity index (χ0v) is 21.9. The minimum absolute atomic E-state index is 0.133. The van der Waals surface area contributed by atoms with Gasteiger partial charge in [0.25, 0.3) is 0 Å². The zero-order valence-electron chi connectivity index (χ0n) is 21.9. The third-order valence-electron chi connectivity index (χ3n) is 12.0. The van der Waals surface area contributed by atoms with Crippen LogP contribution in [0.2, 0.25) is 0 Å². The average molecular weight is 483 g/mol. The molecule has 5 aliphatic rings. The maximum atomic E-state index is 12.4. The number of nitrogens with zero attached hydrogens (tertiary/aromatic N) is 1. The molecule has 1 aromatic heterocycles. The largest absolute Gasteiger partial charge is 0.431 e. The summed E-state index contributed by atoms with van der Waals surface area (Å²) in [6.45, 7) is 9.84. The van der Waals surface area contributed by atoms with Crippen molar-refractivity contribution in [1.82, 2.24) is 10.2 Å². The third-order valence-corrected chi connectivity index (χ3v) is 12.0. The first-order valence-electron chi connectivity index (χ1n) is 14.6. The normalized spacial score (nSPS) is 45.6. The highest BCUT2D eigenvalue weighted by molar-refractivity contribution is 5.27. The number of rotatable bonds is 5. The average Bonchev–Trinajstić information content (AvgIpc) is 3.46. The molecule has 5 heteroatoms. The van der Waals surface area contributed by atoms with Gasteiger partial charge < -0.3 is 19.7 Å². The van der Waals surface area contributed by atoms with Crippen LogP contribution in [0.5, 0.6) is 0 Å². The Kier molecular flexibility index (Phi) is 6.21. The summed E-state index contributed by atoms with van der Waals surface area (Å²) in [7, 11) is 0. The SMILES string of the molecule is C[C@]12CC[C@H](NCCN3CCCC3)C[C@H]1CC[C@@H]1[C@@H]2CC[C@]2(C)[C@@H](c3ccc(=O)oc3)CC[C@]12O. The molecular formula is C30H46N2O3. The Hall–Kier alpha value is -1.17. The van der Waals surface area contributed by atoms with Crippen molar-refractivity contribution >= 4 is 0 Å². The van der Waals surface area contributed by atoms with Gasteiger partial charge in [-0.05, 0) is 124 Å². The van der Waals surface area contributed by atoms with E-state index in [4.69, 9.17) is 4.42 Å². The quantitative estimate of drug-likeness (QED) is 0.623. The second-order valence-electron chi connectivity index (χ2n) is 13.3. The third kappa shape index (κ3) is 3.87. The van der Waals surface area contributed by atoms with Gasteiger partial charge >= 0.3 is 5.63 Å². The van der Waals surface area contributed by atoms with E-state index in [9.17, 15) is 9.90 Å². The molecule has 0 spiro atoms. The van der Waals surface area contributed by atoms with Crippen LogP contribution in [0.15, 0.2) is 27.6 Å². The van der Waals surface area contributed by atoms with Gasteiger partial charge in [-0.2, -0.15) is 0 Å². The maximum Gasteiger partial charge on any atom is 0.335 e. The Balaban J connectivity index is 1.14. The van der Waals surface area contributed by atoms with Gasteiger partial charge in [-0.1, -0.05) is 13.8 Å². The minimum atomic E-state index is -0.602. The molecule has 8 atom stereocenters. The highest BCUT2D eigenvalue weighted by Crippen LogP contribution is 2.70. The van der Waals surface area contributed by atoms with E-state index in [1.165, 1.54) is 71.0 Å². The molecule has 1 aliphatic heterocycles. The van der Waals surface area contributed by atoms with Gasteiger partial charge in [0, 0.05) is 30.6 Å². The number of aliphatic hydroxyl groups is 1. The zero-order chi connectivity index (χ0) is 24.3. The number of nitrogens with one attached hydrogen (secondary N) is 1. The van der Waals surface area contributed by atoms with Crippen LogP contribution in [0.1, 0.15) is 96.0 Å². The van der Waals surface area contributed by atoms with Crippen molar-refractivity contribution in [2.45, 2.75) is 102 Å². The second kappa shape index (κ2) is 8.99. The lowest BCUT2D eigenvalue weighted by molar-refractivity contribution is -0.202. The van der Waals surface area contributed by atoms with Crippen molar-refractivity contribution < 1.29 is 9.52 Å². The first-order valence-corrected chi connectivity index (χ1v) is 14.6. The van der Waals surface area contributed by atoms with Gasteiger partial charge in [0.1, 0.15) is 0 Å². The summed E-state index contributed by atoms with van der Waals surface area (Å²) in [4.78, 5) is 14.2. The second-order valence-corrected chi connectivity index (χ2v) is 13.3. The van der Waals surface area contributed by atoms with Crippen LogP contribution < -0.4 is 10.9 Å². The topological polar surface area (TPSA) is 65.7 Å². The standard InChI is InChI=1S/C30H46N2O3/c1-28-12-9-23(31-15-18-32-16-3-4-17-32)19-22(28)6-7-26-25(28)10-13-29(2)24(11-14-30(26,29)34)21-5-8-27(33)35-20-21/h5,8,20,22-26,31,34H,3-4,6-7,9-19H2,1-2H3/t22-,23+,24-,25+,26-,28+,29-,30+/m1/s1. The van der Waals surface area contributed by atoms with Crippen LogP contribution in [0, 0.1) is 28.6 Å². The van der Waals surface area contributed by atoms with Gasteiger partial charge in [-0.25, -0.2) is 4.79 Å². The fourth-order valence-electron chi connectivity index (χ4n) is 9.95. The molecule has 35 heavy (non-hydrogen) atoms. The number of fused-ring (bicyclic) bond motifs is 5. The fraction of sp³-hybridized carbons (Fsp3) is 0.833. The van der Waals surface area contributed by atoms with Crippen LogP contribution in [-0.4, -0.2) is 47.8 Å². The predicted octanol–water partition coefficient (Wildman–Crippen LogP) is 4.94. The lowest BCUT2D eigenvalue weighted by Crippen LogP contribution is -2.62. The van der Waals surface area contributed by atoms with Gasteiger partial charge in [-0.3, -0.25) is 0 Å². The lowest BCUT2D eigenvalue weighted by atomic mass is 9.43. The molecule has 194 valence electrons. The Labute approximate surface area is 211 Å². The lowest BCUT2D eigenvalue weighted by Gasteiger charge is -2.64. The molecule has 2 heterocycles. The summed E-state index contributed by atoms with van der Waals surface area (Å²) in [6, 6.07) is 4.16. The molecule has 4 aliphatic carbocycles. The van der Waals surface area contributed by atoms with Crippen LogP contribution in [0.25, 0.3) is 0 Å². The van der Waals surface area contributed by atoms with Gasteiger partial charge in [0.15, 0.2) is 0 Å². The Morgan fingerprint density at radius 1 is 1.03 bits per heavy atom. The molecule has 1 aromatic rings. The predicted molar refractivity (Wildman–Crippen MR) is 138 cm³/mol. The van der Waals surface area contributed by atoms with Gasteiger partial charge in [0.2, 0.25) is 0 Å². The van der Waals surface area contributed by atoms with E-state index in [2.05, 4.69) is 24.1 Å². The summed E-state index contributed by atoms with van der Waals surface area (Å²) >= 11 is 0. The van der Waals surface area contributed by atoms with E-state index in [0.717, 1.165) is 37.3 Å². The Morgan fingerprint density at radius 2 is 1.86 bits per heavy atom. The highest BCUT2D eigenvalue weighted by atomic mass is 16.4. The van der Waals surface area contributed by atoms with Crippen LogP contribution >= 0.6 is 0 Å². The molecule has 0 amide bonds. The smallest absolute Gasteiger partial charge is 0.335 e. The summed E-state index contributed by atoms with van der Waals surface area (Å²) < 4.78 is 5.24. The minimum Gasteiger partial charge on any atom is -0.431 e. The fourth-order valence-corrected chi connectivity index (χ4v) is 9.95. The summed E-state index contributed by atoms with van der Waals surface area (Å²) in [5.74, 6) is 2.11. The van der Waals surface area contributed by atoms with Crippen molar-refractivity contribution in [1.29, 1.82) is 0 Å². The Morgan fingerprint density at radius 3 is 2.63 bits per heavy atom. The summed E-state index contributed by atoms with van der Waals surface area (Å²) in [5, 5.41) is 16.3. The van der Waals surface area contributed by atoms with Crippen molar-refractivity contribution in [3.8, 4) is 0 Å². The van der Waals surface area contributed by atoms with E-state index in [1.807, 2.05) is 6.07 Å². The first-order chi connectivity index (χ1) is 16.8. The molecule has 5 fully saturated rings. The van der Waals surface area contributed by atoms with E-state index in [0.29, 0.717) is 23.3 Å². The van der Waals surface area contributed by atoms with E-state index in [1.54, 1.807) is 12.3 Å². The molecular weight excluding hydrogens is 436 g/mol. The molecule has 0 aromatic carbocycles. The van der Waals surface area contributed by atoms with E-state index in [-0.39, 0.29) is 17.0 Å². The molecule has 0 bridgehead atoms. The van der Waals surface area contributed by atoms with Crippen molar-refractivity contribution in [2.75, 3.05) is 26.2 Å². The van der Waals surface area contributed by atoms with Gasteiger partial charge in [-0.15, -0.1) is 0 Å². The van der Waals surface area contributed by atoms with E-state index >= 15 is 0 Å². The molecule has 6 rings (SSSR count). The number of hydrogen-bond acceptors (Lipinski definition) is 5. The van der Waals surface area contributed by atoms with Crippen LogP contribution in [-0.2, 0) is 0 Å². The van der Waals surface area contributed by atoms with E-state index < -0.39 is 5.60 Å². The first kappa shape index (κ1) is 24.2. The Bertz CT molecular complexity index is 952. The summed E-state index contributed by atoms with van der Waals surface area (Å²) in [5.41, 5.74) is 0.441. The number of likely N-dealkylation sites (tertiary alicyclic amines) is 1. The van der Waals surface area contributed by atoms with Crippen molar-refractivity contribution in [2.24, 2.45) is 28.6 Å².